The van der Waals surface area contributed by atoms with Crippen LogP contribution < -0.4 is 14.8 Å². The van der Waals surface area contributed by atoms with Gasteiger partial charge in [-0.2, -0.15) is 0 Å². The van der Waals surface area contributed by atoms with E-state index in [9.17, 15) is 4.79 Å². The molecule has 0 bridgehead atoms. The molecular weight excluding hydrogens is 352 g/mol. The zero-order valence-electron chi connectivity index (χ0n) is 14.8. The summed E-state index contributed by atoms with van der Waals surface area (Å²) in [5.41, 5.74) is 0. The predicted octanol–water partition coefficient (Wildman–Crippen LogP) is 2.33. The highest BCUT2D eigenvalue weighted by atomic mass is 32.1. The Bertz CT molecular complexity index is 687. The van der Waals surface area contributed by atoms with Gasteiger partial charge in [0.2, 0.25) is 0 Å². The van der Waals surface area contributed by atoms with Crippen LogP contribution in [-0.2, 0) is 9.53 Å². The van der Waals surface area contributed by atoms with Gasteiger partial charge in [0.1, 0.15) is 0 Å². The molecule has 0 saturated carbocycles. The van der Waals surface area contributed by atoms with E-state index in [0.717, 1.165) is 26.3 Å². The van der Waals surface area contributed by atoms with Crippen molar-refractivity contribution in [3.05, 3.63) is 46.7 Å². The first kappa shape index (κ1) is 18.7. The molecule has 3 rings (SSSR count). The van der Waals surface area contributed by atoms with E-state index in [1.54, 1.807) is 30.6 Å². The summed E-state index contributed by atoms with van der Waals surface area (Å²) in [7, 11) is 1.58. The molecule has 0 radical (unpaired) electrons. The predicted molar refractivity (Wildman–Crippen MR) is 101 cm³/mol. The SMILES string of the molecule is COc1ccccc1OCC(=O)NC[C@@H](c1cccs1)N1CCOCC1. The van der Waals surface area contributed by atoms with Crippen LogP contribution in [0.4, 0.5) is 0 Å². The van der Waals surface area contributed by atoms with Gasteiger partial charge < -0.3 is 19.5 Å². The molecule has 0 aliphatic carbocycles. The Labute approximate surface area is 157 Å². The van der Waals surface area contributed by atoms with Gasteiger partial charge in [0.15, 0.2) is 18.1 Å². The maximum atomic E-state index is 12.3. The molecule has 140 valence electrons. The molecule has 1 N–H and O–H groups in total. The van der Waals surface area contributed by atoms with Crippen molar-refractivity contribution in [1.82, 2.24) is 10.2 Å². The summed E-state index contributed by atoms with van der Waals surface area (Å²) in [4.78, 5) is 15.9. The number of methoxy groups -OCH3 is 1. The van der Waals surface area contributed by atoms with Crippen LogP contribution >= 0.6 is 11.3 Å². The zero-order valence-corrected chi connectivity index (χ0v) is 15.7. The van der Waals surface area contributed by atoms with Crippen molar-refractivity contribution < 1.29 is 19.0 Å². The average Bonchev–Trinajstić information content (AvgIpc) is 3.22. The molecule has 26 heavy (non-hydrogen) atoms. The molecule has 0 spiro atoms. The molecule has 7 heteroatoms. The average molecular weight is 376 g/mol. The Balaban J connectivity index is 1.54. The molecule has 6 nitrogen and oxygen atoms in total. The first-order valence-electron chi connectivity index (χ1n) is 8.65. The van der Waals surface area contributed by atoms with Crippen molar-refractivity contribution in [2.45, 2.75) is 6.04 Å². The molecule has 1 amide bonds. The summed E-state index contributed by atoms with van der Waals surface area (Å²) in [6.07, 6.45) is 0. The number of rotatable bonds is 8. The maximum absolute atomic E-state index is 12.3. The molecular formula is C19H24N2O4S. The second-order valence-corrected chi connectivity index (χ2v) is 6.90. The van der Waals surface area contributed by atoms with E-state index in [-0.39, 0.29) is 18.6 Å². The van der Waals surface area contributed by atoms with Gasteiger partial charge in [0.25, 0.3) is 5.91 Å². The van der Waals surface area contributed by atoms with Crippen LogP contribution in [0, 0.1) is 0 Å². The van der Waals surface area contributed by atoms with Crippen LogP contribution in [-0.4, -0.2) is 57.4 Å². The Hall–Kier alpha value is -2.09. The van der Waals surface area contributed by atoms with Gasteiger partial charge in [-0.3, -0.25) is 9.69 Å². The van der Waals surface area contributed by atoms with E-state index >= 15 is 0 Å². The number of nitrogens with one attached hydrogen (secondary N) is 1. The first-order valence-corrected chi connectivity index (χ1v) is 9.53. The molecule has 1 aromatic heterocycles. The van der Waals surface area contributed by atoms with Gasteiger partial charge in [-0.15, -0.1) is 11.3 Å². The molecule has 1 aliphatic rings. The lowest BCUT2D eigenvalue weighted by atomic mass is 10.2. The molecule has 1 aromatic carbocycles. The smallest absolute Gasteiger partial charge is 0.258 e. The number of para-hydroxylation sites is 2. The summed E-state index contributed by atoms with van der Waals surface area (Å²) in [5, 5.41) is 5.06. The summed E-state index contributed by atoms with van der Waals surface area (Å²) < 4.78 is 16.3. The van der Waals surface area contributed by atoms with Crippen LogP contribution in [0.25, 0.3) is 0 Å². The van der Waals surface area contributed by atoms with Crippen LogP contribution in [0.1, 0.15) is 10.9 Å². The topological polar surface area (TPSA) is 60.0 Å². The van der Waals surface area contributed by atoms with E-state index in [1.165, 1.54) is 4.88 Å². The first-order chi connectivity index (χ1) is 12.8. The minimum Gasteiger partial charge on any atom is -0.493 e. The van der Waals surface area contributed by atoms with Gasteiger partial charge >= 0.3 is 0 Å². The number of nitrogens with zero attached hydrogens (tertiary/aromatic N) is 1. The Morgan fingerprint density at radius 3 is 2.69 bits per heavy atom. The number of thiophene rings is 1. The molecule has 1 fully saturated rings. The van der Waals surface area contributed by atoms with Crippen LogP contribution in [0.15, 0.2) is 41.8 Å². The third-order valence-corrected chi connectivity index (χ3v) is 5.25. The van der Waals surface area contributed by atoms with Crippen molar-refractivity contribution in [2.24, 2.45) is 0 Å². The highest BCUT2D eigenvalue weighted by Gasteiger charge is 2.24. The monoisotopic (exact) mass is 376 g/mol. The number of amides is 1. The fraction of sp³-hybridized carbons (Fsp3) is 0.421. The van der Waals surface area contributed by atoms with Gasteiger partial charge in [-0.25, -0.2) is 0 Å². The number of carbonyl (C=O) groups is 1. The lowest BCUT2D eigenvalue weighted by molar-refractivity contribution is -0.123. The van der Waals surface area contributed by atoms with E-state index in [1.807, 2.05) is 18.2 Å². The van der Waals surface area contributed by atoms with Crippen molar-refractivity contribution in [3.63, 3.8) is 0 Å². The zero-order chi connectivity index (χ0) is 18.2. The van der Waals surface area contributed by atoms with E-state index in [4.69, 9.17) is 14.2 Å². The quantitative estimate of drug-likeness (QED) is 0.766. The van der Waals surface area contributed by atoms with Crippen LogP contribution in [0.5, 0.6) is 11.5 Å². The lowest BCUT2D eigenvalue weighted by Gasteiger charge is -2.34. The Kier molecular flexibility index (Phi) is 6.88. The van der Waals surface area contributed by atoms with Crippen LogP contribution in [0.2, 0.25) is 0 Å². The third-order valence-electron chi connectivity index (χ3n) is 4.28. The van der Waals surface area contributed by atoms with Gasteiger partial charge in [-0.1, -0.05) is 18.2 Å². The summed E-state index contributed by atoms with van der Waals surface area (Å²) in [5.74, 6) is 1.03. The number of hydrogen-bond acceptors (Lipinski definition) is 6. The molecule has 2 aromatic rings. The van der Waals surface area contributed by atoms with Gasteiger partial charge in [0, 0.05) is 24.5 Å². The normalized spacial score (nSPS) is 16.0. The molecule has 0 unspecified atom stereocenters. The van der Waals surface area contributed by atoms with E-state index in [0.29, 0.717) is 18.0 Å². The summed E-state index contributed by atoms with van der Waals surface area (Å²) in [6.45, 7) is 3.71. The van der Waals surface area contributed by atoms with Crippen molar-refractivity contribution in [3.8, 4) is 11.5 Å². The minimum atomic E-state index is -0.147. The van der Waals surface area contributed by atoms with Crippen molar-refractivity contribution in [2.75, 3.05) is 46.6 Å². The third kappa shape index (κ3) is 4.97. The fourth-order valence-corrected chi connectivity index (χ4v) is 3.78. The molecule has 1 saturated heterocycles. The lowest BCUT2D eigenvalue weighted by Crippen LogP contribution is -2.44. The summed E-state index contributed by atoms with van der Waals surface area (Å²) in [6, 6.07) is 11.6. The van der Waals surface area contributed by atoms with Crippen LogP contribution in [0.3, 0.4) is 0 Å². The fourth-order valence-electron chi connectivity index (χ4n) is 2.92. The molecule has 1 atom stereocenters. The highest BCUT2D eigenvalue weighted by molar-refractivity contribution is 7.10. The molecule has 1 aliphatic heterocycles. The Morgan fingerprint density at radius 2 is 2.00 bits per heavy atom. The number of morpholine rings is 1. The van der Waals surface area contributed by atoms with Gasteiger partial charge in [0.05, 0.1) is 26.4 Å². The van der Waals surface area contributed by atoms with Crippen molar-refractivity contribution >= 4 is 17.2 Å². The second kappa shape index (κ2) is 9.56. The standard InChI is InChI=1S/C19H24N2O4S/c1-23-16-5-2-3-6-17(16)25-14-19(22)20-13-15(18-7-4-12-26-18)21-8-10-24-11-9-21/h2-7,12,15H,8-11,13-14H2,1H3,(H,20,22)/t15-/m0/s1. The maximum Gasteiger partial charge on any atom is 0.258 e. The van der Waals surface area contributed by atoms with Gasteiger partial charge in [-0.05, 0) is 23.6 Å². The number of carbonyl (C=O) groups excluding carboxylic acids is 1. The van der Waals surface area contributed by atoms with E-state index < -0.39 is 0 Å². The number of benzene rings is 1. The van der Waals surface area contributed by atoms with E-state index in [2.05, 4.69) is 21.7 Å². The highest BCUT2D eigenvalue weighted by Crippen LogP contribution is 2.26. The second-order valence-electron chi connectivity index (χ2n) is 5.92. The van der Waals surface area contributed by atoms with Crippen molar-refractivity contribution in [1.29, 1.82) is 0 Å². The molecule has 2 heterocycles. The number of hydrogen-bond donors (Lipinski definition) is 1. The minimum absolute atomic E-state index is 0.0410. The number of ether oxygens (including phenoxy) is 3. The Morgan fingerprint density at radius 1 is 1.23 bits per heavy atom. The largest absolute Gasteiger partial charge is 0.493 e. The summed E-state index contributed by atoms with van der Waals surface area (Å²) >= 11 is 1.71.